The second-order valence-corrected chi connectivity index (χ2v) is 4.26. The number of hydrogen-bond acceptors (Lipinski definition) is 2. The van der Waals surface area contributed by atoms with Gasteiger partial charge in [-0.3, -0.25) is 4.79 Å². The van der Waals surface area contributed by atoms with Crippen molar-refractivity contribution in [3.05, 3.63) is 29.1 Å². The second-order valence-electron chi connectivity index (χ2n) is 4.26. The van der Waals surface area contributed by atoms with E-state index in [1.165, 1.54) is 12.1 Å². The molecule has 76 valence electrons. The van der Waals surface area contributed by atoms with Crippen LogP contribution in [-0.4, -0.2) is 11.4 Å². The van der Waals surface area contributed by atoms with E-state index in [9.17, 15) is 14.3 Å². The molecular weight excluding hydrogens is 183 g/mol. The van der Waals surface area contributed by atoms with Crippen LogP contribution in [0.25, 0.3) is 0 Å². The summed E-state index contributed by atoms with van der Waals surface area (Å²) in [6.45, 7) is 5.73. The van der Waals surface area contributed by atoms with Crippen molar-refractivity contribution in [2.24, 2.45) is 0 Å². The van der Waals surface area contributed by atoms with E-state index in [1.54, 1.807) is 0 Å². The summed E-state index contributed by atoms with van der Waals surface area (Å²) in [5.41, 5.74) is 0.441. The topological polar surface area (TPSA) is 37.3 Å². The number of phenols is 1. The van der Waals surface area contributed by atoms with Crippen molar-refractivity contribution in [3.8, 4) is 5.75 Å². The van der Waals surface area contributed by atoms with Gasteiger partial charge in [0, 0.05) is 0 Å². The molecule has 0 fully saturated rings. The summed E-state index contributed by atoms with van der Waals surface area (Å²) in [5, 5.41) is 9.18. The Morgan fingerprint density at radius 3 is 2.36 bits per heavy atom. The zero-order valence-electron chi connectivity index (χ0n) is 8.47. The first-order chi connectivity index (χ1) is 6.36. The van der Waals surface area contributed by atoms with Crippen molar-refractivity contribution >= 4 is 6.29 Å². The Labute approximate surface area is 82.4 Å². The number of carbonyl (C=O) groups is 1. The number of rotatable bonds is 1. The van der Waals surface area contributed by atoms with Gasteiger partial charge in [0.25, 0.3) is 0 Å². The summed E-state index contributed by atoms with van der Waals surface area (Å²) in [7, 11) is 0. The third-order valence-electron chi connectivity index (χ3n) is 2.09. The SMILES string of the molecule is CC(C)(C)c1cc(F)c(O)c(C=O)c1. The number of halogens is 1. The number of benzene rings is 1. The van der Waals surface area contributed by atoms with Gasteiger partial charge in [-0.1, -0.05) is 20.8 Å². The van der Waals surface area contributed by atoms with Crippen LogP contribution in [0.5, 0.6) is 5.75 Å². The van der Waals surface area contributed by atoms with E-state index >= 15 is 0 Å². The molecule has 0 bridgehead atoms. The molecule has 0 aliphatic heterocycles. The number of hydrogen-bond donors (Lipinski definition) is 1. The fourth-order valence-electron chi connectivity index (χ4n) is 1.14. The molecule has 1 aromatic rings. The maximum absolute atomic E-state index is 13.1. The van der Waals surface area contributed by atoms with Crippen molar-refractivity contribution in [2.45, 2.75) is 26.2 Å². The third-order valence-corrected chi connectivity index (χ3v) is 2.09. The molecule has 1 N–H and O–H groups in total. The summed E-state index contributed by atoms with van der Waals surface area (Å²) in [4.78, 5) is 10.5. The van der Waals surface area contributed by atoms with Gasteiger partial charge in [-0.2, -0.15) is 0 Å². The van der Waals surface area contributed by atoms with Crippen LogP contribution in [0.4, 0.5) is 4.39 Å². The minimum absolute atomic E-state index is 0.00470. The maximum atomic E-state index is 13.1. The standard InChI is InChI=1S/C11H13FO2/c1-11(2,3)8-4-7(6-13)10(14)9(12)5-8/h4-6,14H,1-3H3. The molecule has 0 amide bonds. The number of aldehydes is 1. The van der Waals surface area contributed by atoms with Gasteiger partial charge >= 0.3 is 0 Å². The molecular formula is C11H13FO2. The lowest BCUT2D eigenvalue weighted by Crippen LogP contribution is -2.12. The summed E-state index contributed by atoms with van der Waals surface area (Å²) in [6.07, 6.45) is 0.452. The quantitative estimate of drug-likeness (QED) is 0.701. The van der Waals surface area contributed by atoms with Crippen LogP contribution < -0.4 is 0 Å². The molecule has 0 aliphatic rings. The van der Waals surface area contributed by atoms with E-state index in [-0.39, 0.29) is 11.0 Å². The zero-order chi connectivity index (χ0) is 10.9. The molecule has 0 saturated heterocycles. The third kappa shape index (κ3) is 1.92. The first kappa shape index (κ1) is 10.7. The normalized spacial score (nSPS) is 11.4. The highest BCUT2D eigenvalue weighted by Gasteiger charge is 2.18. The van der Waals surface area contributed by atoms with Gasteiger partial charge in [0.1, 0.15) is 0 Å². The highest BCUT2D eigenvalue weighted by atomic mass is 19.1. The van der Waals surface area contributed by atoms with E-state index in [4.69, 9.17) is 0 Å². The van der Waals surface area contributed by atoms with Crippen molar-refractivity contribution in [3.63, 3.8) is 0 Å². The highest BCUT2D eigenvalue weighted by molar-refractivity contribution is 5.79. The molecule has 0 aliphatic carbocycles. The van der Waals surface area contributed by atoms with Gasteiger partial charge in [-0.25, -0.2) is 4.39 Å². The van der Waals surface area contributed by atoms with Crippen LogP contribution in [-0.2, 0) is 5.41 Å². The van der Waals surface area contributed by atoms with E-state index in [0.717, 1.165) is 0 Å². The van der Waals surface area contributed by atoms with Crippen LogP contribution in [0, 0.1) is 5.82 Å². The molecule has 0 unspecified atom stereocenters. The molecule has 0 saturated carbocycles. The molecule has 0 aromatic heterocycles. The molecule has 0 spiro atoms. The molecule has 1 aromatic carbocycles. The Bertz CT molecular complexity index is 364. The van der Waals surface area contributed by atoms with E-state index in [0.29, 0.717) is 11.8 Å². The first-order valence-electron chi connectivity index (χ1n) is 4.34. The van der Waals surface area contributed by atoms with Crippen molar-refractivity contribution < 1.29 is 14.3 Å². The fraction of sp³-hybridized carbons (Fsp3) is 0.364. The van der Waals surface area contributed by atoms with Gasteiger partial charge in [-0.15, -0.1) is 0 Å². The average molecular weight is 196 g/mol. The van der Waals surface area contributed by atoms with Gasteiger partial charge < -0.3 is 5.11 Å². The number of aromatic hydroxyl groups is 1. The molecule has 14 heavy (non-hydrogen) atoms. The van der Waals surface area contributed by atoms with Gasteiger partial charge in [0.2, 0.25) is 0 Å². The van der Waals surface area contributed by atoms with Crippen LogP contribution in [0.15, 0.2) is 12.1 Å². The second kappa shape index (κ2) is 3.40. The Morgan fingerprint density at radius 2 is 1.93 bits per heavy atom. The summed E-state index contributed by atoms with van der Waals surface area (Å²) >= 11 is 0. The van der Waals surface area contributed by atoms with Gasteiger partial charge in [0.05, 0.1) is 5.56 Å². The lowest BCUT2D eigenvalue weighted by Gasteiger charge is -2.19. The molecule has 1 rings (SSSR count). The summed E-state index contributed by atoms with van der Waals surface area (Å²) < 4.78 is 13.1. The summed E-state index contributed by atoms with van der Waals surface area (Å²) in [5.74, 6) is -1.33. The lowest BCUT2D eigenvalue weighted by molar-refractivity contribution is 0.112. The molecule has 2 nitrogen and oxygen atoms in total. The predicted octanol–water partition coefficient (Wildman–Crippen LogP) is 2.64. The Kier molecular flexibility index (Phi) is 2.60. The van der Waals surface area contributed by atoms with Crippen LogP contribution in [0.1, 0.15) is 36.7 Å². The van der Waals surface area contributed by atoms with E-state index in [1.807, 2.05) is 20.8 Å². The molecule has 3 heteroatoms. The van der Waals surface area contributed by atoms with Crippen LogP contribution >= 0.6 is 0 Å². The smallest absolute Gasteiger partial charge is 0.165 e. The maximum Gasteiger partial charge on any atom is 0.165 e. The molecule has 0 atom stereocenters. The minimum Gasteiger partial charge on any atom is -0.504 e. The van der Waals surface area contributed by atoms with Crippen molar-refractivity contribution in [1.82, 2.24) is 0 Å². The van der Waals surface area contributed by atoms with Crippen molar-refractivity contribution in [1.29, 1.82) is 0 Å². The Hall–Kier alpha value is -1.38. The Balaban J connectivity index is 3.37. The molecule has 0 heterocycles. The first-order valence-corrected chi connectivity index (χ1v) is 4.34. The average Bonchev–Trinajstić information content (AvgIpc) is 2.07. The Morgan fingerprint density at radius 1 is 1.36 bits per heavy atom. The molecule has 0 radical (unpaired) electrons. The fourth-order valence-corrected chi connectivity index (χ4v) is 1.14. The minimum atomic E-state index is -0.750. The van der Waals surface area contributed by atoms with Crippen molar-refractivity contribution in [2.75, 3.05) is 0 Å². The van der Waals surface area contributed by atoms with E-state index in [2.05, 4.69) is 0 Å². The van der Waals surface area contributed by atoms with E-state index < -0.39 is 11.6 Å². The lowest BCUT2D eigenvalue weighted by atomic mass is 9.86. The largest absolute Gasteiger partial charge is 0.504 e. The summed E-state index contributed by atoms with van der Waals surface area (Å²) in [6, 6.07) is 2.76. The van der Waals surface area contributed by atoms with Crippen LogP contribution in [0.2, 0.25) is 0 Å². The van der Waals surface area contributed by atoms with Gasteiger partial charge in [0.15, 0.2) is 17.9 Å². The number of phenolic OH excluding ortho intramolecular Hbond substituents is 1. The number of carbonyl (C=O) groups excluding carboxylic acids is 1. The highest BCUT2D eigenvalue weighted by Crippen LogP contribution is 2.28. The zero-order valence-corrected chi connectivity index (χ0v) is 8.47. The monoisotopic (exact) mass is 196 g/mol. The predicted molar refractivity (Wildman–Crippen MR) is 52.2 cm³/mol. The van der Waals surface area contributed by atoms with Gasteiger partial charge in [-0.05, 0) is 23.1 Å². The van der Waals surface area contributed by atoms with Crippen LogP contribution in [0.3, 0.4) is 0 Å².